The lowest BCUT2D eigenvalue weighted by Crippen LogP contribution is -2.39. The van der Waals surface area contributed by atoms with Crippen molar-refractivity contribution in [1.29, 1.82) is 0 Å². The van der Waals surface area contributed by atoms with Crippen LogP contribution in [0, 0.1) is 17.8 Å². The molecule has 0 amide bonds. The molecule has 2 aliphatic carbocycles. The van der Waals surface area contributed by atoms with Crippen molar-refractivity contribution in [3.05, 3.63) is 52.5 Å². The summed E-state index contributed by atoms with van der Waals surface area (Å²) in [6, 6.07) is 7.56. The zero-order chi connectivity index (χ0) is 15.4. The van der Waals surface area contributed by atoms with E-state index in [1.165, 1.54) is 16.0 Å². The van der Waals surface area contributed by atoms with E-state index in [2.05, 4.69) is 82.8 Å². The Morgan fingerprint density at radius 3 is 2.59 bits per heavy atom. The number of nitrogens with zero attached hydrogens (tertiary/aromatic N) is 1. The third kappa shape index (κ3) is 2.12. The van der Waals surface area contributed by atoms with Crippen LogP contribution in [0.25, 0.3) is 0 Å². The molecule has 22 heavy (non-hydrogen) atoms. The standard InChI is InChI=1S/C19H23BrNS/c1-12-14-6-4-5-7-15(14)18-16-10-13(20)8-9-17(16)21(19(12)18)11-22(2)3/h4-10,12,14-15,18-19H,11H2,1-3H3/q+1. The molecule has 1 fully saturated rings. The van der Waals surface area contributed by atoms with Crippen molar-refractivity contribution >= 4 is 32.5 Å². The van der Waals surface area contributed by atoms with E-state index in [1.54, 1.807) is 5.56 Å². The number of allylic oxidation sites excluding steroid dienone is 4. The number of fused-ring (bicyclic) bond motifs is 5. The quantitative estimate of drug-likeness (QED) is 0.683. The number of anilines is 1. The average molecular weight is 377 g/mol. The van der Waals surface area contributed by atoms with Crippen LogP contribution in [0.1, 0.15) is 18.4 Å². The van der Waals surface area contributed by atoms with Crippen LogP contribution in [0.4, 0.5) is 5.69 Å². The summed E-state index contributed by atoms with van der Waals surface area (Å²) < 4.78 is 1.21. The molecular weight excluding hydrogens is 354 g/mol. The first kappa shape index (κ1) is 14.9. The fraction of sp³-hybridized carbons (Fsp3) is 0.474. The Kier molecular flexibility index (Phi) is 3.69. The van der Waals surface area contributed by atoms with Crippen LogP contribution in [-0.4, -0.2) is 24.4 Å². The summed E-state index contributed by atoms with van der Waals surface area (Å²) in [5.74, 6) is 3.92. The lowest BCUT2D eigenvalue weighted by atomic mass is 9.82. The zero-order valence-corrected chi connectivity index (χ0v) is 15.8. The molecule has 1 heterocycles. The van der Waals surface area contributed by atoms with Crippen molar-refractivity contribution in [2.75, 3.05) is 23.3 Å². The van der Waals surface area contributed by atoms with Gasteiger partial charge < -0.3 is 4.90 Å². The van der Waals surface area contributed by atoms with Gasteiger partial charge in [0, 0.05) is 33.0 Å². The van der Waals surface area contributed by atoms with Crippen LogP contribution < -0.4 is 4.90 Å². The summed E-state index contributed by atoms with van der Waals surface area (Å²) in [5, 5.41) is 0. The van der Waals surface area contributed by atoms with Gasteiger partial charge in [0.1, 0.15) is 0 Å². The number of hydrogen-bond acceptors (Lipinski definition) is 1. The average Bonchev–Trinajstić information content (AvgIpc) is 2.94. The highest BCUT2D eigenvalue weighted by molar-refractivity contribution is 9.10. The van der Waals surface area contributed by atoms with Gasteiger partial charge in [0.05, 0.1) is 12.5 Å². The van der Waals surface area contributed by atoms with Crippen molar-refractivity contribution in [3.63, 3.8) is 0 Å². The normalized spacial score (nSPS) is 35.0. The molecule has 0 aromatic heterocycles. The first-order valence-corrected chi connectivity index (χ1v) is 11.0. The maximum absolute atomic E-state index is 3.69. The minimum Gasteiger partial charge on any atom is -0.325 e. The van der Waals surface area contributed by atoms with Crippen molar-refractivity contribution in [2.45, 2.75) is 18.9 Å². The Hall–Kier alpha value is -0.670. The molecular formula is C19H23BrNS+. The van der Waals surface area contributed by atoms with Crippen LogP contribution in [0.15, 0.2) is 47.0 Å². The molecule has 5 unspecified atom stereocenters. The summed E-state index contributed by atoms with van der Waals surface area (Å²) in [7, 11) is 0.425. The summed E-state index contributed by atoms with van der Waals surface area (Å²) in [6.07, 6.45) is 14.1. The van der Waals surface area contributed by atoms with Gasteiger partial charge in [0.2, 0.25) is 0 Å². The van der Waals surface area contributed by atoms with E-state index in [-0.39, 0.29) is 0 Å². The van der Waals surface area contributed by atoms with Gasteiger partial charge >= 0.3 is 0 Å². The van der Waals surface area contributed by atoms with Crippen LogP contribution in [0.2, 0.25) is 0 Å². The second kappa shape index (κ2) is 5.45. The molecule has 1 nitrogen and oxygen atoms in total. The van der Waals surface area contributed by atoms with E-state index in [9.17, 15) is 0 Å². The highest BCUT2D eigenvalue weighted by atomic mass is 79.9. The highest BCUT2D eigenvalue weighted by Crippen LogP contribution is 2.58. The van der Waals surface area contributed by atoms with Gasteiger partial charge in [-0.2, -0.15) is 0 Å². The summed E-state index contributed by atoms with van der Waals surface area (Å²) in [4.78, 5) is 2.72. The van der Waals surface area contributed by atoms with E-state index >= 15 is 0 Å². The largest absolute Gasteiger partial charge is 0.325 e. The Morgan fingerprint density at radius 1 is 1.14 bits per heavy atom. The topological polar surface area (TPSA) is 3.24 Å². The monoisotopic (exact) mass is 376 g/mol. The van der Waals surface area contributed by atoms with Gasteiger partial charge in [-0.15, -0.1) is 0 Å². The van der Waals surface area contributed by atoms with Gasteiger partial charge in [-0.25, -0.2) is 0 Å². The maximum atomic E-state index is 3.69. The molecule has 3 aliphatic rings. The van der Waals surface area contributed by atoms with Crippen molar-refractivity contribution in [3.8, 4) is 0 Å². The predicted molar refractivity (Wildman–Crippen MR) is 102 cm³/mol. The Balaban J connectivity index is 1.83. The minimum absolute atomic E-state index is 0.425. The molecule has 5 atom stereocenters. The molecule has 1 aliphatic heterocycles. The molecule has 1 aromatic rings. The Labute approximate surface area is 144 Å². The van der Waals surface area contributed by atoms with Crippen LogP contribution in [0.5, 0.6) is 0 Å². The summed E-state index contributed by atoms with van der Waals surface area (Å²) in [6.45, 7) is 2.46. The Bertz CT molecular complexity index is 651. The smallest absolute Gasteiger partial charge is 0.180 e. The van der Waals surface area contributed by atoms with E-state index in [4.69, 9.17) is 0 Å². The second-order valence-electron chi connectivity index (χ2n) is 7.09. The SMILES string of the molecule is CC1C2C=CC=CC2C2c3cc(Br)ccc3N(C[S+](C)C)C12. The van der Waals surface area contributed by atoms with Gasteiger partial charge in [-0.1, -0.05) is 47.2 Å². The Morgan fingerprint density at radius 2 is 1.86 bits per heavy atom. The number of halogens is 1. The molecule has 4 rings (SSSR count). The summed E-state index contributed by atoms with van der Waals surface area (Å²) in [5.41, 5.74) is 3.04. The lowest BCUT2D eigenvalue weighted by molar-refractivity contribution is 0.421. The first-order chi connectivity index (χ1) is 10.6. The minimum atomic E-state index is 0.425. The van der Waals surface area contributed by atoms with Gasteiger partial charge in [0.25, 0.3) is 0 Å². The molecule has 1 saturated carbocycles. The maximum Gasteiger partial charge on any atom is 0.180 e. The van der Waals surface area contributed by atoms with Crippen LogP contribution in [-0.2, 0) is 10.9 Å². The van der Waals surface area contributed by atoms with Gasteiger partial charge in [-0.3, -0.25) is 0 Å². The third-order valence-corrected chi connectivity index (χ3v) is 6.85. The van der Waals surface area contributed by atoms with E-state index in [1.807, 2.05) is 0 Å². The molecule has 0 spiro atoms. The molecule has 0 saturated heterocycles. The van der Waals surface area contributed by atoms with Crippen molar-refractivity contribution in [1.82, 2.24) is 0 Å². The molecule has 0 bridgehead atoms. The predicted octanol–water partition coefficient (Wildman–Crippen LogP) is 4.56. The zero-order valence-electron chi connectivity index (χ0n) is 13.4. The first-order valence-electron chi connectivity index (χ1n) is 8.03. The fourth-order valence-corrected chi connectivity index (χ4v) is 6.07. The van der Waals surface area contributed by atoms with Gasteiger partial charge in [-0.05, 0) is 41.5 Å². The van der Waals surface area contributed by atoms with Crippen molar-refractivity contribution < 1.29 is 0 Å². The number of benzene rings is 1. The van der Waals surface area contributed by atoms with E-state index < -0.39 is 0 Å². The van der Waals surface area contributed by atoms with Crippen LogP contribution >= 0.6 is 15.9 Å². The molecule has 0 radical (unpaired) electrons. The van der Waals surface area contributed by atoms with E-state index in [0.717, 1.165) is 0 Å². The summed E-state index contributed by atoms with van der Waals surface area (Å²) >= 11 is 3.69. The molecule has 3 heteroatoms. The highest BCUT2D eigenvalue weighted by Gasteiger charge is 2.54. The lowest BCUT2D eigenvalue weighted by Gasteiger charge is -2.29. The fourth-order valence-electron chi connectivity index (χ4n) is 4.83. The van der Waals surface area contributed by atoms with Gasteiger partial charge in [0.15, 0.2) is 5.88 Å². The molecule has 1 aromatic carbocycles. The second-order valence-corrected chi connectivity index (χ2v) is 10.2. The number of rotatable bonds is 2. The van der Waals surface area contributed by atoms with E-state index in [0.29, 0.717) is 40.6 Å². The third-order valence-electron chi connectivity index (χ3n) is 5.57. The van der Waals surface area contributed by atoms with Crippen molar-refractivity contribution in [2.24, 2.45) is 17.8 Å². The van der Waals surface area contributed by atoms with Crippen LogP contribution in [0.3, 0.4) is 0 Å². The molecule has 116 valence electrons. The number of hydrogen-bond donors (Lipinski definition) is 0. The molecule has 0 N–H and O–H groups in total.